The van der Waals surface area contributed by atoms with Gasteiger partial charge >= 0.3 is 0 Å². The average molecular weight is 268 g/mol. The van der Waals surface area contributed by atoms with Crippen molar-refractivity contribution >= 4 is 5.91 Å². The van der Waals surface area contributed by atoms with E-state index in [1.165, 1.54) is 6.42 Å². The summed E-state index contributed by atoms with van der Waals surface area (Å²) in [4.78, 5) is 19.2. The number of nitrogens with one attached hydrogen (secondary N) is 1. The van der Waals surface area contributed by atoms with Crippen molar-refractivity contribution in [3.8, 4) is 0 Å². The molecule has 2 atom stereocenters. The van der Waals surface area contributed by atoms with E-state index in [-0.39, 0.29) is 6.04 Å². The molecule has 2 aliphatic heterocycles. The molecule has 2 aliphatic rings. The number of hydrogen-bond donors (Lipinski definition) is 1. The van der Waals surface area contributed by atoms with Gasteiger partial charge < -0.3 is 15.1 Å². The second kappa shape index (κ2) is 6.68. The summed E-state index contributed by atoms with van der Waals surface area (Å²) < 4.78 is 0. The quantitative estimate of drug-likeness (QED) is 0.771. The SMILES string of the molecule is CC(C(=O)N1CCCC(N(C)C)C1)N1CCNCC1. The maximum atomic E-state index is 12.6. The molecule has 1 N–H and O–H groups in total. The number of nitrogens with zero attached hydrogens (tertiary/aromatic N) is 3. The Morgan fingerprint density at radius 2 is 1.95 bits per heavy atom. The Morgan fingerprint density at radius 1 is 1.26 bits per heavy atom. The Morgan fingerprint density at radius 3 is 2.58 bits per heavy atom. The molecule has 0 aromatic carbocycles. The normalized spacial score (nSPS) is 27.6. The van der Waals surface area contributed by atoms with Crippen LogP contribution in [0.2, 0.25) is 0 Å². The highest BCUT2D eigenvalue weighted by atomic mass is 16.2. The topological polar surface area (TPSA) is 38.8 Å². The number of carbonyl (C=O) groups excluding carboxylic acids is 1. The van der Waals surface area contributed by atoms with Gasteiger partial charge in [-0.05, 0) is 33.9 Å². The molecule has 0 aliphatic carbocycles. The lowest BCUT2D eigenvalue weighted by molar-refractivity contribution is -0.138. The number of likely N-dealkylation sites (N-methyl/N-ethyl adjacent to an activating group) is 1. The number of piperazine rings is 1. The fourth-order valence-electron chi connectivity index (χ4n) is 3.07. The monoisotopic (exact) mass is 268 g/mol. The van der Waals surface area contributed by atoms with Crippen LogP contribution in [0, 0.1) is 0 Å². The van der Waals surface area contributed by atoms with Crippen molar-refractivity contribution in [3.05, 3.63) is 0 Å². The fraction of sp³-hybridized carbons (Fsp3) is 0.929. The van der Waals surface area contributed by atoms with Crippen molar-refractivity contribution in [2.45, 2.75) is 31.8 Å². The van der Waals surface area contributed by atoms with E-state index in [0.717, 1.165) is 45.7 Å². The maximum Gasteiger partial charge on any atom is 0.239 e. The molecule has 0 aromatic rings. The van der Waals surface area contributed by atoms with Crippen LogP contribution in [-0.4, -0.2) is 86.1 Å². The Kier molecular flexibility index (Phi) is 5.19. The van der Waals surface area contributed by atoms with Crippen LogP contribution in [0.4, 0.5) is 0 Å². The van der Waals surface area contributed by atoms with Crippen molar-refractivity contribution < 1.29 is 4.79 Å². The zero-order chi connectivity index (χ0) is 13.8. The van der Waals surface area contributed by atoms with Gasteiger partial charge in [-0.15, -0.1) is 0 Å². The van der Waals surface area contributed by atoms with Crippen LogP contribution in [0.1, 0.15) is 19.8 Å². The van der Waals surface area contributed by atoms with E-state index in [9.17, 15) is 4.79 Å². The Labute approximate surface area is 116 Å². The van der Waals surface area contributed by atoms with E-state index in [0.29, 0.717) is 11.9 Å². The van der Waals surface area contributed by atoms with Gasteiger partial charge in [-0.2, -0.15) is 0 Å². The van der Waals surface area contributed by atoms with Crippen molar-refractivity contribution in [2.24, 2.45) is 0 Å². The van der Waals surface area contributed by atoms with Gasteiger partial charge in [-0.25, -0.2) is 0 Å². The number of carbonyl (C=O) groups is 1. The minimum Gasteiger partial charge on any atom is -0.340 e. The molecule has 2 heterocycles. The highest BCUT2D eigenvalue weighted by Gasteiger charge is 2.30. The summed E-state index contributed by atoms with van der Waals surface area (Å²) in [7, 11) is 4.22. The number of piperidine rings is 1. The number of hydrogen-bond acceptors (Lipinski definition) is 4. The predicted octanol–water partition coefficient (Wildman–Crippen LogP) is -0.167. The molecule has 0 saturated carbocycles. The van der Waals surface area contributed by atoms with Crippen LogP contribution >= 0.6 is 0 Å². The van der Waals surface area contributed by atoms with Crippen LogP contribution < -0.4 is 5.32 Å². The largest absolute Gasteiger partial charge is 0.340 e. The maximum absolute atomic E-state index is 12.6. The number of amides is 1. The number of rotatable bonds is 3. The lowest BCUT2D eigenvalue weighted by Crippen LogP contribution is -2.56. The summed E-state index contributed by atoms with van der Waals surface area (Å²) in [5, 5.41) is 3.34. The molecule has 5 nitrogen and oxygen atoms in total. The first-order valence-corrected chi connectivity index (χ1v) is 7.49. The van der Waals surface area contributed by atoms with E-state index in [1.54, 1.807) is 0 Å². The summed E-state index contributed by atoms with van der Waals surface area (Å²) >= 11 is 0. The number of likely N-dealkylation sites (tertiary alicyclic amines) is 1. The highest BCUT2D eigenvalue weighted by molar-refractivity contribution is 5.81. The van der Waals surface area contributed by atoms with E-state index in [1.807, 2.05) is 0 Å². The summed E-state index contributed by atoms with van der Waals surface area (Å²) in [6.07, 6.45) is 2.33. The Bertz CT molecular complexity index is 302. The predicted molar refractivity (Wildman–Crippen MR) is 77.2 cm³/mol. The Hall–Kier alpha value is -0.650. The minimum atomic E-state index is 0.0306. The molecule has 2 saturated heterocycles. The third-order valence-electron chi connectivity index (χ3n) is 4.50. The van der Waals surface area contributed by atoms with Gasteiger partial charge in [0.05, 0.1) is 6.04 Å². The first-order chi connectivity index (χ1) is 9.09. The van der Waals surface area contributed by atoms with Gasteiger partial charge in [0.2, 0.25) is 5.91 Å². The third-order valence-corrected chi connectivity index (χ3v) is 4.50. The van der Waals surface area contributed by atoms with Crippen LogP contribution in [0.3, 0.4) is 0 Å². The average Bonchev–Trinajstić information content (AvgIpc) is 2.46. The lowest BCUT2D eigenvalue weighted by Gasteiger charge is -2.40. The zero-order valence-corrected chi connectivity index (χ0v) is 12.6. The molecule has 1 amide bonds. The van der Waals surface area contributed by atoms with Crippen molar-refractivity contribution in [1.82, 2.24) is 20.0 Å². The summed E-state index contributed by atoms with van der Waals surface area (Å²) in [6.45, 7) is 7.85. The molecule has 0 radical (unpaired) electrons. The molecule has 2 rings (SSSR count). The second-order valence-corrected chi connectivity index (χ2v) is 6.01. The van der Waals surface area contributed by atoms with Crippen LogP contribution in [-0.2, 0) is 4.79 Å². The molecule has 2 fully saturated rings. The molecular weight excluding hydrogens is 240 g/mol. The van der Waals surface area contributed by atoms with Crippen LogP contribution in [0.25, 0.3) is 0 Å². The van der Waals surface area contributed by atoms with E-state index in [4.69, 9.17) is 0 Å². The van der Waals surface area contributed by atoms with E-state index < -0.39 is 0 Å². The lowest BCUT2D eigenvalue weighted by atomic mass is 10.0. The van der Waals surface area contributed by atoms with E-state index >= 15 is 0 Å². The summed E-state index contributed by atoms with van der Waals surface area (Å²) in [6, 6.07) is 0.552. The molecule has 0 aromatic heterocycles. The van der Waals surface area contributed by atoms with Gasteiger partial charge in [0.1, 0.15) is 0 Å². The second-order valence-electron chi connectivity index (χ2n) is 6.01. The molecule has 110 valence electrons. The third kappa shape index (κ3) is 3.68. The summed E-state index contributed by atoms with van der Waals surface area (Å²) in [5.41, 5.74) is 0. The smallest absolute Gasteiger partial charge is 0.239 e. The first kappa shape index (κ1) is 14.8. The van der Waals surface area contributed by atoms with Gasteiger partial charge in [0.25, 0.3) is 0 Å². The molecular formula is C14H28N4O. The molecule has 5 heteroatoms. The van der Waals surface area contributed by atoms with Crippen molar-refractivity contribution in [1.29, 1.82) is 0 Å². The minimum absolute atomic E-state index is 0.0306. The molecule has 0 bridgehead atoms. The van der Waals surface area contributed by atoms with Gasteiger partial charge in [0, 0.05) is 45.3 Å². The fourth-order valence-corrected chi connectivity index (χ4v) is 3.07. The highest BCUT2D eigenvalue weighted by Crippen LogP contribution is 2.16. The van der Waals surface area contributed by atoms with Crippen LogP contribution in [0.15, 0.2) is 0 Å². The van der Waals surface area contributed by atoms with Gasteiger partial charge in [-0.3, -0.25) is 9.69 Å². The molecule has 2 unspecified atom stereocenters. The van der Waals surface area contributed by atoms with Gasteiger partial charge in [-0.1, -0.05) is 0 Å². The summed E-state index contributed by atoms with van der Waals surface area (Å²) in [5.74, 6) is 0.313. The van der Waals surface area contributed by atoms with E-state index in [2.05, 4.69) is 41.0 Å². The zero-order valence-electron chi connectivity index (χ0n) is 12.6. The van der Waals surface area contributed by atoms with Gasteiger partial charge in [0.15, 0.2) is 0 Å². The molecule has 19 heavy (non-hydrogen) atoms. The Balaban J connectivity index is 1.90. The van der Waals surface area contributed by atoms with Crippen LogP contribution in [0.5, 0.6) is 0 Å². The standard InChI is InChI=1S/C14H28N4O/c1-12(17-9-6-15-7-10-17)14(19)18-8-4-5-13(11-18)16(2)3/h12-13,15H,4-11H2,1-3H3. The molecule has 0 spiro atoms. The first-order valence-electron chi connectivity index (χ1n) is 7.49. The van der Waals surface area contributed by atoms with Crippen molar-refractivity contribution in [3.63, 3.8) is 0 Å². The van der Waals surface area contributed by atoms with Crippen molar-refractivity contribution in [2.75, 3.05) is 53.4 Å².